The summed E-state index contributed by atoms with van der Waals surface area (Å²) in [6.07, 6.45) is 1.33. The second-order valence-corrected chi connectivity index (χ2v) is 4.61. The molecule has 0 saturated heterocycles. The molecule has 1 aromatic carbocycles. The van der Waals surface area contributed by atoms with Crippen molar-refractivity contribution in [3.05, 3.63) is 29.8 Å². The third kappa shape index (κ3) is 2.22. The molecule has 88 valence electrons. The van der Waals surface area contributed by atoms with E-state index in [0.717, 1.165) is 24.2 Å². The molecule has 1 aromatic rings. The fraction of sp³-hybridized carbons (Fsp3) is 0.571. The van der Waals surface area contributed by atoms with E-state index < -0.39 is 0 Å². The molecular formula is C14H21NO. The maximum atomic E-state index is 5.69. The Morgan fingerprint density at radius 2 is 2.12 bits per heavy atom. The van der Waals surface area contributed by atoms with Crippen LogP contribution in [0.3, 0.4) is 0 Å². The van der Waals surface area contributed by atoms with Crippen molar-refractivity contribution in [2.24, 2.45) is 11.8 Å². The van der Waals surface area contributed by atoms with Crippen molar-refractivity contribution in [2.75, 3.05) is 13.7 Å². The monoisotopic (exact) mass is 219 g/mol. The average Bonchev–Trinajstić information content (AvgIpc) is 3.00. The quantitative estimate of drug-likeness (QED) is 0.822. The van der Waals surface area contributed by atoms with Gasteiger partial charge in [-0.05, 0) is 38.3 Å². The molecule has 3 atom stereocenters. The largest absolute Gasteiger partial charge is 0.494 e. The molecule has 3 unspecified atom stereocenters. The molecule has 0 bridgehead atoms. The zero-order valence-electron chi connectivity index (χ0n) is 10.4. The first-order valence-electron chi connectivity index (χ1n) is 6.17. The minimum atomic E-state index is 0.442. The Balaban J connectivity index is 2.22. The number of para-hydroxylation sites is 1. The second kappa shape index (κ2) is 4.88. The van der Waals surface area contributed by atoms with E-state index in [1.54, 1.807) is 0 Å². The van der Waals surface area contributed by atoms with Crippen LogP contribution in [0.5, 0.6) is 5.75 Å². The first-order valence-corrected chi connectivity index (χ1v) is 6.17. The fourth-order valence-corrected chi connectivity index (χ4v) is 2.44. The highest BCUT2D eigenvalue weighted by atomic mass is 16.5. The maximum Gasteiger partial charge on any atom is 0.124 e. The Labute approximate surface area is 98.0 Å². The summed E-state index contributed by atoms with van der Waals surface area (Å²) in [6, 6.07) is 8.82. The normalized spacial score (nSPS) is 25.2. The van der Waals surface area contributed by atoms with Crippen LogP contribution < -0.4 is 10.1 Å². The summed E-state index contributed by atoms with van der Waals surface area (Å²) in [5.74, 6) is 2.64. The number of hydrogen-bond donors (Lipinski definition) is 1. The third-order valence-electron chi connectivity index (χ3n) is 3.46. The van der Waals surface area contributed by atoms with Crippen LogP contribution >= 0.6 is 0 Å². The lowest BCUT2D eigenvalue weighted by Crippen LogP contribution is -2.20. The Morgan fingerprint density at radius 1 is 1.44 bits per heavy atom. The van der Waals surface area contributed by atoms with Crippen molar-refractivity contribution < 1.29 is 4.74 Å². The minimum Gasteiger partial charge on any atom is -0.494 e. The number of hydrogen-bond acceptors (Lipinski definition) is 2. The average molecular weight is 219 g/mol. The minimum absolute atomic E-state index is 0.442. The third-order valence-corrected chi connectivity index (χ3v) is 3.46. The van der Waals surface area contributed by atoms with Gasteiger partial charge in [0.25, 0.3) is 0 Å². The molecule has 0 aliphatic heterocycles. The highest BCUT2D eigenvalue weighted by Gasteiger charge is 2.40. The van der Waals surface area contributed by atoms with Gasteiger partial charge in [-0.15, -0.1) is 0 Å². The van der Waals surface area contributed by atoms with Crippen LogP contribution in [0.15, 0.2) is 24.3 Å². The summed E-state index contributed by atoms with van der Waals surface area (Å²) >= 11 is 0. The zero-order chi connectivity index (χ0) is 11.5. The molecular weight excluding hydrogens is 198 g/mol. The molecule has 1 aliphatic rings. The van der Waals surface area contributed by atoms with Crippen LogP contribution in [-0.2, 0) is 0 Å². The van der Waals surface area contributed by atoms with Crippen LogP contribution in [0, 0.1) is 11.8 Å². The smallest absolute Gasteiger partial charge is 0.124 e. The first kappa shape index (κ1) is 11.5. The molecule has 2 heteroatoms. The van der Waals surface area contributed by atoms with Crippen LogP contribution in [0.2, 0.25) is 0 Å². The maximum absolute atomic E-state index is 5.69. The van der Waals surface area contributed by atoms with Gasteiger partial charge in [-0.25, -0.2) is 0 Å². The Morgan fingerprint density at radius 3 is 2.69 bits per heavy atom. The summed E-state index contributed by atoms with van der Waals surface area (Å²) in [6.45, 7) is 5.08. The Kier molecular flexibility index (Phi) is 3.49. The van der Waals surface area contributed by atoms with E-state index in [4.69, 9.17) is 4.74 Å². The highest BCUT2D eigenvalue weighted by molar-refractivity contribution is 5.37. The van der Waals surface area contributed by atoms with Crippen molar-refractivity contribution in [1.29, 1.82) is 0 Å². The van der Waals surface area contributed by atoms with E-state index in [-0.39, 0.29) is 0 Å². The van der Waals surface area contributed by atoms with Gasteiger partial charge in [0, 0.05) is 11.6 Å². The van der Waals surface area contributed by atoms with Gasteiger partial charge in [0.2, 0.25) is 0 Å². The summed E-state index contributed by atoms with van der Waals surface area (Å²) in [4.78, 5) is 0. The lowest BCUT2D eigenvalue weighted by molar-refractivity contribution is 0.329. The molecule has 0 radical (unpaired) electrons. The van der Waals surface area contributed by atoms with Crippen LogP contribution in [0.25, 0.3) is 0 Å². The standard InChI is InChI=1S/C14H21NO/c1-4-16-13-8-6-5-7-11(13)14(15-3)12-9-10(12)2/h5-8,10,12,14-15H,4,9H2,1-3H3. The SMILES string of the molecule is CCOc1ccccc1C(NC)C1CC1C. The van der Waals surface area contributed by atoms with Crippen molar-refractivity contribution in [3.8, 4) is 5.75 Å². The Bertz CT molecular complexity index is 350. The summed E-state index contributed by atoms with van der Waals surface area (Å²) in [7, 11) is 2.04. The Hall–Kier alpha value is -1.02. The van der Waals surface area contributed by atoms with E-state index in [9.17, 15) is 0 Å². The van der Waals surface area contributed by atoms with Gasteiger partial charge >= 0.3 is 0 Å². The van der Waals surface area contributed by atoms with Crippen molar-refractivity contribution >= 4 is 0 Å². The molecule has 1 N–H and O–H groups in total. The van der Waals surface area contributed by atoms with Gasteiger partial charge in [0.1, 0.15) is 5.75 Å². The number of nitrogens with one attached hydrogen (secondary N) is 1. The van der Waals surface area contributed by atoms with Gasteiger partial charge in [-0.2, -0.15) is 0 Å². The molecule has 0 spiro atoms. The van der Waals surface area contributed by atoms with E-state index in [0.29, 0.717) is 6.04 Å². The predicted molar refractivity (Wildman–Crippen MR) is 66.7 cm³/mol. The molecule has 16 heavy (non-hydrogen) atoms. The van der Waals surface area contributed by atoms with E-state index >= 15 is 0 Å². The molecule has 2 nitrogen and oxygen atoms in total. The topological polar surface area (TPSA) is 21.3 Å². The highest BCUT2D eigenvalue weighted by Crippen LogP contribution is 2.48. The van der Waals surface area contributed by atoms with Crippen molar-refractivity contribution in [3.63, 3.8) is 0 Å². The van der Waals surface area contributed by atoms with Gasteiger partial charge in [0.15, 0.2) is 0 Å². The van der Waals surface area contributed by atoms with Gasteiger partial charge < -0.3 is 10.1 Å². The number of benzene rings is 1. The molecule has 1 aliphatic carbocycles. The second-order valence-electron chi connectivity index (χ2n) is 4.61. The lowest BCUT2D eigenvalue weighted by Gasteiger charge is -2.19. The number of rotatable bonds is 5. The molecule has 0 amide bonds. The van der Waals surface area contributed by atoms with Gasteiger partial charge in [0.05, 0.1) is 6.61 Å². The van der Waals surface area contributed by atoms with Crippen LogP contribution in [0.1, 0.15) is 31.9 Å². The fourth-order valence-electron chi connectivity index (χ4n) is 2.44. The molecule has 1 saturated carbocycles. The van der Waals surface area contributed by atoms with Gasteiger partial charge in [-0.1, -0.05) is 25.1 Å². The van der Waals surface area contributed by atoms with E-state index in [1.165, 1.54) is 12.0 Å². The van der Waals surface area contributed by atoms with Crippen LogP contribution in [0.4, 0.5) is 0 Å². The molecule has 0 aromatic heterocycles. The molecule has 0 heterocycles. The zero-order valence-corrected chi connectivity index (χ0v) is 10.4. The summed E-state index contributed by atoms with van der Waals surface area (Å²) < 4.78 is 5.69. The van der Waals surface area contributed by atoms with E-state index in [1.807, 2.05) is 20.0 Å². The first-order chi connectivity index (χ1) is 7.77. The lowest BCUT2D eigenvalue weighted by atomic mass is 10.0. The van der Waals surface area contributed by atoms with Crippen LogP contribution in [-0.4, -0.2) is 13.7 Å². The summed E-state index contributed by atoms with van der Waals surface area (Å²) in [5.41, 5.74) is 1.31. The van der Waals surface area contributed by atoms with Gasteiger partial charge in [-0.3, -0.25) is 0 Å². The van der Waals surface area contributed by atoms with Crippen molar-refractivity contribution in [2.45, 2.75) is 26.3 Å². The molecule has 1 fully saturated rings. The van der Waals surface area contributed by atoms with E-state index in [2.05, 4.69) is 30.4 Å². The predicted octanol–water partition coefficient (Wildman–Crippen LogP) is 3.00. The molecule has 2 rings (SSSR count). The number of ether oxygens (including phenoxy) is 1. The van der Waals surface area contributed by atoms with Crippen molar-refractivity contribution in [1.82, 2.24) is 5.32 Å². The summed E-state index contributed by atoms with van der Waals surface area (Å²) in [5, 5.41) is 3.43.